The number of ether oxygens (including phenoxy) is 3. The summed E-state index contributed by atoms with van der Waals surface area (Å²) in [7, 11) is 0. The molecule has 0 atom stereocenters. The van der Waals surface area contributed by atoms with E-state index in [1.807, 2.05) is 73.7 Å². The number of fused-ring (bicyclic) bond motifs is 1. The Bertz CT molecular complexity index is 1020. The zero-order chi connectivity index (χ0) is 20.8. The van der Waals surface area contributed by atoms with Gasteiger partial charge in [-0.25, -0.2) is 0 Å². The lowest BCUT2D eigenvalue weighted by molar-refractivity contribution is -0.118. The fourth-order valence-corrected chi connectivity index (χ4v) is 3.09. The van der Waals surface area contributed by atoms with E-state index in [0.717, 1.165) is 34.0 Å². The maximum Gasteiger partial charge on any atom is 0.262 e. The number of amides is 1. The molecule has 2 N–H and O–H groups in total. The molecule has 0 bridgehead atoms. The van der Waals surface area contributed by atoms with Gasteiger partial charge in [0.15, 0.2) is 18.1 Å². The van der Waals surface area contributed by atoms with Crippen LogP contribution in [0.5, 0.6) is 17.2 Å². The summed E-state index contributed by atoms with van der Waals surface area (Å²) in [5, 5.41) is 6.20. The summed E-state index contributed by atoms with van der Waals surface area (Å²) in [5.74, 6) is 1.98. The van der Waals surface area contributed by atoms with Gasteiger partial charge in [0.1, 0.15) is 19.0 Å². The van der Waals surface area contributed by atoms with Crippen LogP contribution in [0.3, 0.4) is 0 Å². The first-order valence-corrected chi connectivity index (χ1v) is 9.87. The summed E-state index contributed by atoms with van der Waals surface area (Å²) in [6, 6.07) is 21.1. The van der Waals surface area contributed by atoms with E-state index in [2.05, 4.69) is 10.6 Å². The molecule has 0 radical (unpaired) electrons. The molecule has 0 saturated carbocycles. The SMILES string of the molecule is Cc1ccc(NC(=O)COc2cccc(CNc3ccc4c(c3)OCCO4)c2)cc1. The molecule has 6 heteroatoms. The molecule has 154 valence electrons. The third kappa shape index (κ3) is 5.23. The molecule has 3 aromatic rings. The van der Waals surface area contributed by atoms with Crippen molar-refractivity contribution in [1.29, 1.82) is 0 Å². The highest BCUT2D eigenvalue weighted by molar-refractivity contribution is 5.91. The van der Waals surface area contributed by atoms with Gasteiger partial charge in [-0.1, -0.05) is 29.8 Å². The predicted octanol–water partition coefficient (Wildman–Crippen LogP) is 4.40. The molecule has 1 amide bonds. The molecule has 0 aliphatic carbocycles. The molecule has 0 fully saturated rings. The molecule has 0 spiro atoms. The second-order valence-electron chi connectivity index (χ2n) is 7.06. The third-order valence-corrected chi connectivity index (χ3v) is 4.64. The number of nitrogens with one attached hydrogen (secondary N) is 2. The maximum absolute atomic E-state index is 12.1. The standard InChI is InChI=1S/C24H24N2O4/c1-17-5-7-19(8-6-17)26-24(27)16-30-21-4-2-3-18(13-21)15-25-20-9-10-22-23(14-20)29-12-11-28-22/h2-10,13-14,25H,11-12,15-16H2,1H3,(H,26,27). The molecule has 6 nitrogen and oxygen atoms in total. The number of benzene rings is 3. The zero-order valence-corrected chi connectivity index (χ0v) is 16.8. The van der Waals surface area contributed by atoms with E-state index in [9.17, 15) is 4.79 Å². The highest BCUT2D eigenvalue weighted by atomic mass is 16.6. The number of carbonyl (C=O) groups is 1. The average molecular weight is 404 g/mol. The molecule has 0 aromatic heterocycles. The van der Waals surface area contributed by atoms with Gasteiger partial charge in [0, 0.05) is 24.0 Å². The lowest BCUT2D eigenvalue weighted by Crippen LogP contribution is -2.20. The monoisotopic (exact) mass is 404 g/mol. The molecule has 1 aliphatic heterocycles. The van der Waals surface area contributed by atoms with Gasteiger partial charge >= 0.3 is 0 Å². The molecule has 0 unspecified atom stereocenters. The summed E-state index contributed by atoms with van der Waals surface area (Å²) < 4.78 is 16.8. The molecule has 4 rings (SSSR count). The van der Waals surface area contributed by atoms with E-state index >= 15 is 0 Å². The number of hydrogen-bond donors (Lipinski definition) is 2. The maximum atomic E-state index is 12.1. The van der Waals surface area contributed by atoms with Crippen molar-refractivity contribution < 1.29 is 19.0 Å². The Morgan fingerprint density at radius 1 is 0.933 bits per heavy atom. The predicted molar refractivity (Wildman–Crippen MR) is 117 cm³/mol. The topological polar surface area (TPSA) is 68.8 Å². The molecule has 1 heterocycles. The quantitative estimate of drug-likeness (QED) is 0.611. The van der Waals surface area contributed by atoms with Gasteiger partial charge in [-0.15, -0.1) is 0 Å². The summed E-state index contributed by atoms with van der Waals surface area (Å²) in [6.45, 7) is 3.71. The highest BCUT2D eigenvalue weighted by Crippen LogP contribution is 2.32. The fraction of sp³-hybridized carbons (Fsp3) is 0.208. The molecule has 1 aliphatic rings. The summed E-state index contributed by atoms with van der Waals surface area (Å²) in [4.78, 5) is 12.1. The molecule has 0 saturated heterocycles. The minimum absolute atomic E-state index is 0.0487. The molecule has 3 aromatic carbocycles. The van der Waals surface area contributed by atoms with Gasteiger partial charge in [0.25, 0.3) is 5.91 Å². The van der Waals surface area contributed by atoms with E-state index in [4.69, 9.17) is 14.2 Å². The fourth-order valence-electron chi connectivity index (χ4n) is 3.09. The minimum Gasteiger partial charge on any atom is -0.486 e. The van der Waals surface area contributed by atoms with Crippen molar-refractivity contribution in [3.63, 3.8) is 0 Å². The number of carbonyl (C=O) groups excluding carboxylic acids is 1. The average Bonchev–Trinajstić information content (AvgIpc) is 2.78. The van der Waals surface area contributed by atoms with Gasteiger partial charge in [-0.2, -0.15) is 0 Å². The van der Waals surface area contributed by atoms with Crippen molar-refractivity contribution in [1.82, 2.24) is 0 Å². The number of hydrogen-bond acceptors (Lipinski definition) is 5. The Kier molecular flexibility index (Phi) is 6.03. The Morgan fingerprint density at radius 2 is 1.70 bits per heavy atom. The van der Waals surface area contributed by atoms with Crippen LogP contribution in [-0.2, 0) is 11.3 Å². The molecular formula is C24H24N2O4. The molecule has 30 heavy (non-hydrogen) atoms. The Labute approximate surface area is 175 Å². The van der Waals surface area contributed by atoms with Crippen molar-refractivity contribution in [3.05, 3.63) is 77.9 Å². The zero-order valence-electron chi connectivity index (χ0n) is 16.8. The minimum atomic E-state index is -0.196. The van der Waals surface area contributed by atoms with Crippen molar-refractivity contribution in [3.8, 4) is 17.2 Å². The van der Waals surface area contributed by atoms with Crippen LogP contribution in [0.25, 0.3) is 0 Å². The summed E-state index contributed by atoms with van der Waals surface area (Å²) in [5.41, 5.74) is 3.89. The van der Waals surface area contributed by atoms with Gasteiger partial charge in [-0.3, -0.25) is 4.79 Å². The molecular weight excluding hydrogens is 380 g/mol. The van der Waals surface area contributed by atoms with E-state index in [0.29, 0.717) is 25.5 Å². The van der Waals surface area contributed by atoms with Crippen LogP contribution in [0.2, 0.25) is 0 Å². The largest absolute Gasteiger partial charge is 0.486 e. The van der Waals surface area contributed by atoms with E-state index < -0.39 is 0 Å². The van der Waals surface area contributed by atoms with Crippen LogP contribution in [0.1, 0.15) is 11.1 Å². The van der Waals surface area contributed by atoms with Gasteiger partial charge in [0.05, 0.1) is 0 Å². The van der Waals surface area contributed by atoms with Gasteiger partial charge in [-0.05, 0) is 48.9 Å². The lowest BCUT2D eigenvalue weighted by atomic mass is 10.2. The Balaban J connectivity index is 1.29. The van der Waals surface area contributed by atoms with Crippen LogP contribution in [0.4, 0.5) is 11.4 Å². The van der Waals surface area contributed by atoms with Crippen molar-refractivity contribution in [2.24, 2.45) is 0 Å². The Hall–Kier alpha value is -3.67. The van der Waals surface area contributed by atoms with Crippen LogP contribution < -0.4 is 24.8 Å². The highest BCUT2D eigenvalue weighted by Gasteiger charge is 2.11. The lowest BCUT2D eigenvalue weighted by Gasteiger charge is -2.19. The van der Waals surface area contributed by atoms with Crippen LogP contribution in [0, 0.1) is 6.92 Å². The second kappa shape index (κ2) is 9.22. The van der Waals surface area contributed by atoms with Crippen LogP contribution in [-0.4, -0.2) is 25.7 Å². The summed E-state index contributed by atoms with van der Waals surface area (Å²) in [6.07, 6.45) is 0. The second-order valence-corrected chi connectivity index (χ2v) is 7.06. The number of aryl methyl sites for hydroxylation is 1. The van der Waals surface area contributed by atoms with E-state index in [1.54, 1.807) is 0 Å². The van der Waals surface area contributed by atoms with Crippen molar-refractivity contribution in [2.75, 3.05) is 30.5 Å². The number of rotatable bonds is 7. The van der Waals surface area contributed by atoms with Gasteiger partial charge < -0.3 is 24.8 Å². The van der Waals surface area contributed by atoms with Crippen molar-refractivity contribution >= 4 is 17.3 Å². The van der Waals surface area contributed by atoms with Crippen molar-refractivity contribution in [2.45, 2.75) is 13.5 Å². The van der Waals surface area contributed by atoms with E-state index in [1.165, 1.54) is 0 Å². The normalized spacial score (nSPS) is 12.2. The summed E-state index contributed by atoms with van der Waals surface area (Å²) >= 11 is 0. The first-order valence-electron chi connectivity index (χ1n) is 9.87. The number of anilines is 2. The third-order valence-electron chi connectivity index (χ3n) is 4.64. The van der Waals surface area contributed by atoms with E-state index in [-0.39, 0.29) is 12.5 Å². The Morgan fingerprint density at radius 3 is 2.53 bits per heavy atom. The first-order chi connectivity index (χ1) is 14.7. The van der Waals surface area contributed by atoms with Gasteiger partial charge in [0.2, 0.25) is 0 Å². The van der Waals surface area contributed by atoms with Crippen LogP contribution >= 0.6 is 0 Å². The first kappa shape index (κ1) is 19.6. The van der Waals surface area contributed by atoms with Crippen LogP contribution in [0.15, 0.2) is 66.7 Å². The smallest absolute Gasteiger partial charge is 0.262 e.